The Morgan fingerprint density at radius 3 is 2.30 bits per heavy atom. The smallest absolute Gasteiger partial charge is 0.338 e. The molecule has 10 nitrogen and oxygen atoms in total. The maximum absolute atomic E-state index is 12.9. The number of H-pyrrole nitrogens is 2. The van der Waals surface area contributed by atoms with Gasteiger partial charge in [-0.05, 0) is 67.7 Å². The fourth-order valence-electron chi connectivity index (χ4n) is 6.39. The van der Waals surface area contributed by atoms with Gasteiger partial charge in [-0.15, -0.1) is 0 Å². The van der Waals surface area contributed by atoms with E-state index < -0.39 is 23.8 Å². The van der Waals surface area contributed by atoms with E-state index in [0.717, 1.165) is 45.4 Å². The van der Waals surface area contributed by atoms with Crippen molar-refractivity contribution < 1.29 is 29.0 Å². The Morgan fingerprint density at radius 2 is 1.67 bits per heavy atom. The summed E-state index contributed by atoms with van der Waals surface area (Å²) in [5.41, 5.74) is 9.98. The second kappa shape index (κ2) is 12.6. The lowest BCUT2D eigenvalue weighted by Gasteiger charge is -2.14. The second-order valence-electron chi connectivity index (χ2n) is 11.5. The van der Waals surface area contributed by atoms with Crippen LogP contribution in [0.2, 0.25) is 0 Å². The number of aromatic nitrogens is 4. The number of aromatic carboxylic acids is 1. The number of esters is 2. The molecule has 0 radical (unpaired) electrons. The van der Waals surface area contributed by atoms with Gasteiger partial charge in [-0.25, -0.2) is 14.6 Å². The standard InChI is InChI=1S/C36H38N4O6/c1-9-21-17(3)25-14-27-19(5)23(11-12-31(41)45-7)34(39-27)24(13-32(42)46-8)35-33(36(43)44)20(6)28(40-35)16-30-22(10-2)18(4)26(38-30)15-29(21)37-25/h9,11-12,14-16,19,23,38,40H,1,10,13H2,2-8H3,(H,43,44)/b12-11+,25-14?,26-15?,27-14?,28-16?,29-15?,30-16?,34-24?,35-24?/t19-,23-/m0/s1. The molecule has 2 aliphatic rings. The van der Waals surface area contributed by atoms with Crippen LogP contribution in [0.5, 0.6) is 0 Å². The summed E-state index contributed by atoms with van der Waals surface area (Å²) in [4.78, 5) is 54.8. The molecule has 0 aromatic carbocycles. The Bertz CT molecular complexity index is 2030. The summed E-state index contributed by atoms with van der Waals surface area (Å²) in [6.45, 7) is 13.9. The van der Waals surface area contributed by atoms with Gasteiger partial charge in [0.1, 0.15) is 0 Å². The number of hydrogen-bond donors (Lipinski definition) is 3. The Morgan fingerprint density at radius 1 is 0.957 bits per heavy atom. The molecule has 5 heterocycles. The quantitative estimate of drug-likeness (QED) is 0.196. The largest absolute Gasteiger partial charge is 0.478 e. The van der Waals surface area contributed by atoms with E-state index in [1.54, 1.807) is 19.1 Å². The molecular weight excluding hydrogens is 584 g/mol. The van der Waals surface area contributed by atoms with Gasteiger partial charge < -0.3 is 24.5 Å². The average Bonchev–Trinajstić information content (AvgIpc) is 3.71. The zero-order valence-electron chi connectivity index (χ0n) is 27.1. The molecule has 0 unspecified atom stereocenters. The minimum atomic E-state index is -1.15. The fourth-order valence-corrected chi connectivity index (χ4v) is 6.39. The Kier molecular flexibility index (Phi) is 8.83. The van der Waals surface area contributed by atoms with Gasteiger partial charge in [-0.3, -0.25) is 9.78 Å². The van der Waals surface area contributed by atoms with Gasteiger partial charge in [-0.1, -0.05) is 32.6 Å². The van der Waals surface area contributed by atoms with Crippen molar-refractivity contribution in [3.63, 3.8) is 0 Å². The molecule has 2 atom stereocenters. The predicted octanol–water partition coefficient (Wildman–Crippen LogP) is 6.64. The minimum absolute atomic E-state index is 0.0273. The van der Waals surface area contributed by atoms with E-state index in [9.17, 15) is 19.5 Å². The van der Waals surface area contributed by atoms with Gasteiger partial charge >= 0.3 is 17.9 Å². The van der Waals surface area contributed by atoms with E-state index in [1.807, 2.05) is 32.0 Å². The van der Waals surface area contributed by atoms with Gasteiger partial charge in [0.05, 0.1) is 48.8 Å². The number of carboxylic acid groups (broad SMARTS) is 1. The first-order valence-electron chi connectivity index (χ1n) is 15.1. The fraction of sp³-hybridized carbons (Fsp3) is 0.306. The predicted molar refractivity (Wildman–Crippen MR) is 178 cm³/mol. The van der Waals surface area contributed by atoms with Crippen molar-refractivity contribution in [1.82, 2.24) is 19.9 Å². The van der Waals surface area contributed by atoms with Crippen LogP contribution in [0.1, 0.15) is 88.0 Å². The number of rotatable bonds is 7. The third-order valence-electron chi connectivity index (χ3n) is 9.04. The zero-order chi connectivity index (χ0) is 33.4. The molecule has 2 aliphatic heterocycles. The minimum Gasteiger partial charge on any atom is -0.478 e. The van der Waals surface area contributed by atoms with Crippen LogP contribution in [-0.4, -0.2) is 57.2 Å². The van der Waals surface area contributed by atoms with E-state index in [-0.39, 0.29) is 23.4 Å². The average molecular weight is 623 g/mol. The number of aromatic amines is 2. The lowest BCUT2D eigenvalue weighted by molar-refractivity contribution is -0.139. The summed E-state index contributed by atoms with van der Waals surface area (Å²) in [6.07, 6.45) is 5.28. The summed E-state index contributed by atoms with van der Waals surface area (Å²) in [5.74, 6) is -3.04. The topological polar surface area (TPSA) is 147 Å². The van der Waals surface area contributed by atoms with Crippen LogP contribution in [0, 0.1) is 13.8 Å². The highest BCUT2D eigenvalue weighted by Crippen LogP contribution is 2.41. The normalized spacial score (nSPS) is 16.2. The molecule has 8 bridgehead atoms. The molecule has 0 spiro atoms. The number of allylic oxidation sites excluding steroid dienone is 4. The van der Waals surface area contributed by atoms with Crippen LogP contribution in [0.25, 0.3) is 33.2 Å². The van der Waals surface area contributed by atoms with E-state index in [0.29, 0.717) is 33.7 Å². The SMILES string of the molecule is C=CC1=C(C)c2cc3nc(c(CC(=O)OC)c4[nH]c(cc5[nH]c(cc1n2)c(C)c5CC)c(C)c4C(=O)O)[C@@H](/C=C/C(=O)OC)[C@@H]3C. The summed E-state index contributed by atoms with van der Waals surface area (Å²) in [7, 11) is 2.57. The number of carboxylic acids is 1. The highest BCUT2D eigenvalue weighted by Gasteiger charge is 2.32. The number of nitrogens with one attached hydrogen (secondary N) is 2. The third-order valence-corrected chi connectivity index (χ3v) is 9.04. The number of aryl methyl sites for hydroxylation is 3. The maximum atomic E-state index is 12.9. The highest BCUT2D eigenvalue weighted by molar-refractivity contribution is 6.03. The number of ether oxygens (including phenoxy) is 2. The molecule has 0 aliphatic carbocycles. The first-order chi connectivity index (χ1) is 21.9. The zero-order valence-corrected chi connectivity index (χ0v) is 27.1. The van der Waals surface area contributed by atoms with E-state index in [4.69, 9.17) is 19.4 Å². The van der Waals surface area contributed by atoms with Crippen LogP contribution in [-0.2, 0) is 31.9 Å². The maximum Gasteiger partial charge on any atom is 0.338 e. The van der Waals surface area contributed by atoms with Crippen molar-refractivity contribution in [2.45, 2.75) is 59.3 Å². The van der Waals surface area contributed by atoms with Gasteiger partial charge in [0.15, 0.2) is 0 Å². The number of methoxy groups -OCH3 is 2. The molecule has 10 heteroatoms. The Balaban J connectivity index is 2.05. The molecule has 0 amide bonds. The van der Waals surface area contributed by atoms with E-state index >= 15 is 0 Å². The summed E-state index contributed by atoms with van der Waals surface area (Å²) in [5, 5.41) is 10.5. The van der Waals surface area contributed by atoms with Crippen molar-refractivity contribution in [2.24, 2.45) is 0 Å². The summed E-state index contributed by atoms with van der Waals surface area (Å²) in [6, 6.07) is 5.81. The lowest BCUT2D eigenvalue weighted by atomic mass is 9.87. The lowest BCUT2D eigenvalue weighted by Crippen LogP contribution is -2.11. The van der Waals surface area contributed by atoms with Crippen LogP contribution in [0.15, 0.2) is 43.0 Å². The molecule has 0 saturated carbocycles. The summed E-state index contributed by atoms with van der Waals surface area (Å²) >= 11 is 0. The number of carbonyl (C=O) groups is 3. The Labute approximate surface area is 266 Å². The highest BCUT2D eigenvalue weighted by atomic mass is 16.5. The van der Waals surface area contributed by atoms with Crippen LogP contribution in [0.4, 0.5) is 0 Å². The molecule has 3 aromatic rings. The Hall–Kier alpha value is -5.25. The monoisotopic (exact) mass is 622 g/mol. The second-order valence-corrected chi connectivity index (χ2v) is 11.5. The molecular formula is C36H38N4O6. The van der Waals surface area contributed by atoms with Crippen molar-refractivity contribution in [3.05, 3.63) is 93.6 Å². The molecule has 3 N–H and O–H groups in total. The van der Waals surface area contributed by atoms with Crippen LogP contribution < -0.4 is 0 Å². The number of hydrogen-bond acceptors (Lipinski definition) is 7. The molecule has 46 heavy (non-hydrogen) atoms. The van der Waals surface area contributed by atoms with Crippen molar-refractivity contribution in [2.75, 3.05) is 14.2 Å². The third kappa shape index (κ3) is 5.55. The molecule has 238 valence electrons. The van der Waals surface area contributed by atoms with Gasteiger partial charge in [0.2, 0.25) is 0 Å². The van der Waals surface area contributed by atoms with Crippen LogP contribution in [0.3, 0.4) is 0 Å². The van der Waals surface area contributed by atoms with Crippen molar-refractivity contribution >= 4 is 51.1 Å². The molecule has 3 aromatic heterocycles. The van der Waals surface area contributed by atoms with E-state index in [2.05, 4.69) is 30.4 Å². The van der Waals surface area contributed by atoms with Gasteiger partial charge in [-0.2, -0.15) is 0 Å². The number of nitrogens with zero attached hydrogens (tertiary/aromatic N) is 2. The number of fused-ring (bicyclic) bond motifs is 8. The molecule has 0 fully saturated rings. The molecule has 0 saturated heterocycles. The van der Waals surface area contributed by atoms with Gasteiger partial charge in [0, 0.05) is 51.3 Å². The summed E-state index contributed by atoms with van der Waals surface area (Å²) < 4.78 is 9.91. The first kappa shape index (κ1) is 32.2. The van der Waals surface area contributed by atoms with Crippen molar-refractivity contribution in [3.8, 4) is 0 Å². The first-order valence-corrected chi connectivity index (χ1v) is 15.1. The molecule has 5 rings (SSSR count). The van der Waals surface area contributed by atoms with E-state index in [1.165, 1.54) is 20.3 Å². The van der Waals surface area contributed by atoms with Gasteiger partial charge in [0.25, 0.3) is 0 Å². The van der Waals surface area contributed by atoms with Crippen molar-refractivity contribution in [1.29, 1.82) is 0 Å². The van der Waals surface area contributed by atoms with Crippen LogP contribution >= 0.6 is 0 Å². The number of carbonyl (C=O) groups excluding carboxylic acids is 2.